The highest BCUT2D eigenvalue weighted by molar-refractivity contribution is 5.43. The van der Waals surface area contributed by atoms with E-state index in [2.05, 4.69) is 21.0 Å². The zero-order valence-electron chi connectivity index (χ0n) is 14.6. The molecule has 0 radical (unpaired) electrons. The van der Waals surface area contributed by atoms with Crippen LogP contribution in [-0.4, -0.2) is 32.8 Å². The van der Waals surface area contributed by atoms with Crippen LogP contribution in [0.15, 0.2) is 16.9 Å². The van der Waals surface area contributed by atoms with Crippen molar-refractivity contribution in [3.05, 3.63) is 45.3 Å². The van der Waals surface area contributed by atoms with Gasteiger partial charge in [-0.25, -0.2) is 14.6 Å². The summed E-state index contributed by atoms with van der Waals surface area (Å²) < 4.78 is 1.67. The zero-order valence-corrected chi connectivity index (χ0v) is 14.6. The molecule has 0 bridgehead atoms. The van der Waals surface area contributed by atoms with Gasteiger partial charge in [0.15, 0.2) is 0 Å². The van der Waals surface area contributed by atoms with Crippen LogP contribution in [0.4, 0.5) is 5.82 Å². The van der Waals surface area contributed by atoms with E-state index in [0.717, 1.165) is 60.9 Å². The van der Waals surface area contributed by atoms with E-state index >= 15 is 0 Å². The average molecular weight is 337 g/mol. The lowest BCUT2D eigenvalue weighted by molar-refractivity contribution is 0.331. The monoisotopic (exact) mass is 337 g/mol. The number of aryl methyl sites for hydroxylation is 3. The highest BCUT2D eigenvalue weighted by Gasteiger charge is 2.32. The molecule has 3 aliphatic rings. The molecule has 1 aliphatic heterocycles. The maximum Gasteiger partial charge on any atom is 0.267 e. The second-order valence-electron chi connectivity index (χ2n) is 7.76. The van der Waals surface area contributed by atoms with Gasteiger partial charge in [-0.2, -0.15) is 5.10 Å². The van der Waals surface area contributed by atoms with Gasteiger partial charge in [0.25, 0.3) is 5.56 Å². The topological polar surface area (TPSA) is 63.9 Å². The van der Waals surface area contributed by atoms with Crippen molar-refractivity contribution in [1.82, 2.24) is 19.7 Å². The predicted molar refractivity (Wildman–Crippen MR) is 95.0 cm³/mol. The van der Waals surface area contributed by atoms with E-state index in [1.165, 1.54) is 12.8 Å². The van der Waals surface area contributed by atoms with Gasteiger partial charge in [-0.15, -0.1) is 0 Å². The van der Waals surface area contributed by atoms with E-state index in [1.807, 2.05) is 6.92 Å². The summed E-state index contributed by atoms with van der Waals surface area (Å²) in [6, 6.07) is 3.86. The minimum absolute atomic E-state index is 0.0491. The normalized spacial score (nSPS) is 19.8. The Bertz CT molecular complexity index is 880. The first kappa shape index (κ1) is 15.0. The van der Waals surface area contributed by atoms with Gasteiger partial charge in [0, 0.05) is 42.8 Å². The molecule has 5 rings (SSSR count). The highest BCUT2D eigenvalue weighted by Crippen LogP contribution is 2.39. The minimum atomic E-state index is 0.0491. The van der Waals surface area contributed by atoms with Crippen molar-refractivity contribution < 1.29 is 0 Å². The Balaban J connectivity index is 1.27. The summed E-state index contributed by atoms with van der Waals surface area (Å²) in [5.74, 6) is 3.09. The van der Waals surface area contributed by atoms with Crippen LogP contribution in [0.2, 0.25) is 0 Å². The summed E-state index contributed by atoms with van der Waals surface area (Å²) >= 11 is 0. The van der Waals surface area contributed by atoms with Crippen molar-refractivity contribution in [3.8, 4) is 0 Å². The molecular formula is C19H23N5O. The molecule has 130 valence electrons. The molecule has 1 saturated heterocycles. The predicted octanol–water partition coefficient (Wildman–Crippen LogP) is 1.84. The van der Waals surface area contributed by atoms with Crippen LogP contribution in [0.25, 0.3) is 0 Å². The van der Waals surface area contributed by atoms with Gasteiger partial charge >= 0.3 is 0 Å². The molecule has 6 nitrogen and oxygen atoms in total. The Morgan fingerprint density at radius 3 is 2.80 bits per heavy atom. The molecule has 0 aromatic carbocycles. The van der Waals surface area contributed by atoms with Crippen molar-refractivity contribution in [2.75, 3.05) is 18.0 Å². The molecule has 6 heteroatoms. The maximum absolute atomic E-state index is 12.2. The first-order valence-electron chi connectivity index (χ1n) is 9.36. The molecule has 2 aromatic rings. The summed E-state index contributed by atoms with van der Waals surface area (Å²) in [4.78, 5) is 23.9. The van der Waals surface area contributed by atoms with E-state index in [4.69, 9.17) is 4.98 Å². The van der Waals surface area contributed by atoms with Crippen molar-refractivity contribution in [2.45, 2.75) is 51.5 Å². The Labute approximate surface area is 146 Å². The summed E-state index contributed by atoms with van der Waals surface area (Å²) in [5.41, 5.74) is 3.37. The van der Waals surface area contributed by atoms with Crippen LogP contribution in [0, 0.1) is 12.8 Å². The van der Waals surface area contributed by atoms with Crippen molar-refractivity contribution in [2.24, 2.45) is 5.92 Å². The average Bonchev–Trinajstić information content (AvgIpc) is 3.30. The molecule has 2 aromatic heterocycles. The first-order valence-corrected chi connectivity index (χ1v) is 9.36. The van der Waals surface area contributed by atoms with Gasteiger partial charge in [-0.05, 0) is 44.6 Å². The third-order valence-electron chi connectivity index (χ3n) is 5.54. The molecule has 1 saturated carbocycles. The molecule has 0 amide bonds. The number of hydrogen-bond donors (Lipinski definition) is 0. The lowest BCUT2D eigenvalue weighted by Gasteiger charge is -2.40. The summed E-state index contributed by atoms with van der Waals surface area (Å²) in [6.07, 6.45) is 5.58. The standard InChI is InChI=1S/C19H23N5O/c1-12-7-17(21-19(20-12)14-5-6-14)23-9-13(10-23)11-24-18(25)8-15-3-2-4-16(15)22-24/h7-8,13-14H,2-6,9-11H2,1H3. The minimum Gasteiger partial charge on any atom is -0.356 e. The van der Waals surface area contributed by atoms with E-state index in [9.17, 15) is 4.79 Å². The van der Waals surface area contributed by atoms with E-state index in [1.54, 1.807) is 10.7 Å². The molecule has 3 heterocycles. The molecule has 0 atom stereocenters. The second kappa shape index (κ2) is 5.64. The molecular weight excluding hydrogens is 314 g/mol. The second-order valence-corrected chi connectivity index (χ2v) is 7.76. The summed E-state index contributed by atoms with van der Waals surface area (Å²) in [6.45, 7) is 4.63. The Morgan fingerprint density at radius 1 is 1.16 bits per heavy atom. The third-order valence-corrected chi connectivity index (χ3v) is 5.54. The number of aromatic nitrogens is 4. The van der Waals surface area contributed by atoms with Crippen LogP contribution in [0.5, 0.6) is 0 Å². The van der Waals surface area contributed by atoms with E-state index in [0.29, 0.717) is 18.4 Å². The fraction of sp³-hybridized carbons (Fsp3) is 0.579. The van der Waals surface area contributed by atoms with Crippen molar-refractivity contribution >= 4 is 5.82 Å². The fourth-order valence-electron chi connectivity index (χ4n) is 3.95. The van der Waals surface area contributed by atoms with Crippen molar-refractivity contribution in [1.29, 1.82) is 0 Å². The van der Waals surface area contributed by atoms with Crippen LogP contribution >= 0.6 is 0 Å². The number of hydrogen-bond acceptors (Lipinski definition) is 5. The van der Waals surface area contributed by atoms with E-state index < -0.39 is 0 Å². The first-order chi connectivity index (χ1) is 12.2. The molecule has 2 fully saturated rings. The zero-order chi connectivity index (χ0) is 17.0. The number of rotatable bonds is 4. The van der Waals surface area contributed by atoms with Gasteiger partial charge in [0.1, 0.15) is 11.6 Å². The van der Waals surface area contributed by atoms with Crippen LogP contribution in [0.3, 0.4) is 0 Å². The molecule has 25 heavy (non-hydrogen) atoms. The number of anilines is 1. The van der Waals surface area contributed by atoms with Gasteiger partial charge in [0.05, 0.1) is 12.2 Å². The van der Waals surface area contributed by atoms with E-state index in [-0.39, 0.29) is 5.56 Å². The molecule has 0 unspecified atom stereocenters. The Hall–Kier alpha value is -2.24. The molecule has 0 N–H and O–H groups in total. The van der Waals surface area contributed by atoms with Crippen LogP contribution < -0.4 is 10.5 Å². The Morgan fingerprint density at radius 2 is 2.00 bits per heavy atom. The van der Waals surface area contributed by atoms with Gasteiger partial charge in [-0.1, -0.05) is 0 Å². The SMILES string of the molecule is Cc1cc(N2CC(Cn3nc4c(cc3=O)CCC4)C2)nc(C2CC2)n1. The van der Waals surface area contributed by atoms with Gasteiger partial charge < -0.3 is 4.90 Å². The Kier molecular flexibility index (Phi) is 3.40. The van der Waals surface area contributed by atoms with Gasteiger partial charge in [-0.3, -0.25) is 4.79 Å². The molecule has 2 aliphatic carbocycles. The smallest absolute Gasteiger partial charge is 0.267 e. The largest absolute Gasteiger partial charge is 0.356 e. The fourth-order valence-corrected chi connectivity index (χ4v) is 3.95. The van der Waals surface area contributed by atoms with Gasteiger partial charge in [0.2, 0.25) is 0 Å². The van der Waals surface area contributed by atoms with Crippen LogP contribution in [-0.2, 0) is 19.4 Å². The maximum atomic E-state index is 12.2. The highest BCUT2D eigenvalue weighted by atomic mass is 16.1. The lowest BCUT2D eigenvalue weighted by Crippen LogP contribution is -2.50. The van der Waals surface area contributed by atoms with Crippen molar-refractivity contribution in [3.63, 3.8) is 0 Å². The van der Waals surface area contributed by atoms with Crippen LogP contribution in [0.1, 0.15) is 48.0 Å². The number of nitrogens with zero attached hydrogens (tertiary/aromatic N) is 5. The third kappa shape index (κ3) is 2.83. The molecule has 0 spiro atoms. The number of fused-ring (bicyclic) bond motifs is 1. The summed E-state index contributed by atoms with van der Waals surface area (Å²) in [5, 5.41) is 4.59. The quantitative estimate of drug-likeness (QED) is 0.852. The summed E-state index contributed by atoms with van der Waals surface area (Å²) in [7, 11) is 0. The lowest BCUT2D eigenvalue weighted by atomic mass is 10.00.